The first-order valence-electron chi connectivity index (χ1n) is 7.21. The molecule has 0 radical (unpaired) electrons. The molecule has 1 atom stereocenters. The van der Waals surface area contributed by atoms with Crippen LogP contribution in [0, 0.1) is 11.6 Å². The molecule has 3 rings (SSSR count). The lowest BCUT2D eigenvalue weighted by Gasteiger charge is -2.36. The molecule has 0 fully saturated rings. The predicted molar refractivity (Wildman–Crippen MR) is 84.4 cm³/mol. The maximum Gasteiger partial charge on any atom is 0.257 e. The summed E-state index contributed by atoms with van der Waals surface area (Å²) in [7, 11) is 4.51. The quantitative estimate of drug-likeness (QED) is 0.937. The molecule has 2 aromatic carbocycles. The second-order valence-corrected chi connectivity index (χ2v) is 5.38. The van der Waals surface area contributed by atoms with Gasteiger partial charge >= 0.3 is 0 Å². The van der Waals surface area contributed by atoms with E-state index in [1.165, 1.54) is 25.2 Å². The molecule has 1 heterocycles. The Labute approximate surface area is 137 Å². The molecule has 0 spiro atoms. The second-order valence-electron chi connectivity index (χ2n) is 5.38. The number of halogens is 2. The largest absolute Gasteiger partial charge is 0.493 e. The minimum Gasteiger partial charge on any atom is -0.493 e. The van der Waals surface area contributed by atoms with E-state index in [0.717, 1.165) is 12.1 Å². The van der Waals surface area contributed by atoms with Gasteiger partial charge in [-0.05, 0) is 18.2 Å². The summed E-state index contributed by atoms with van der Waals surface area (Å²) in [6.07, 6.45) is -0.760. The van der Waals surface area contributed by atoms with E-state index in [1.807, 2.05) is 0 Å². The van der Waals surface area contributed by atoms with Gasteiger partial charge in [0.1, 0.15) is 17.8 Å². The molecule has 1 aliphatic heterocycles. The van der Waals surface area contributed by atoms with Crippen molar-refractivity contribution in [3.63, 3.8) is 0 Å². The highest BCUT2D eigenvalue weighted by Gasteiger charge is 2.33. The van der Waals surface area contributed by atoms with Crippen molar-refractivity contribution in [2.75, 3.05) is 26.6 Å². The zero-order chi connectivity index (χ0) is 17.4. The van der Waals surface area contributed by atoms with Crippen LogP contribution in [-0.2, 0) is 0 Å². The zero-order valence-corrected chi connectivity index (χ0v) is 13.4. The van der Waals surface area contributed by atoms with E-state index in [2.05, 4.69) is 5.32 Å². The van der Waals surface area contributed by atoms with Gasteiger partial charge in [-0.1, -0.05) is 0 Å². The van der Waals surface area contributed by atoms with Crippen LogP contribution in [0.4, 0.5) is 14.5 Å². The van der Waals surface area contributed by atoms with Crippen LogP contribution in [0.25, 0.3) is 0 Å². The highest BCUT2D eigenvalue weighted by Crippen LogP contribution is 2.39. The Morgan fingerprint density at radius 2 is 1.75 bits per heavy atom. The Hall–Kier alpha value is -2.83. The number of rotatable bonds is 3. The first kappa shape index (κ1) is 16.0. The Kier molecular flexibility index (Phi) is 4.01. The third kappa shape index (κ3) is 2.51. The fraction of sp³-hybridized carbons (Fsp3) is 0.235. The molecule has 126 valence electrons. The van der Waals surface area contributed by atoms with Crippen LogP contribution in [0.2, 0.25) is 0 Å². The molecule has 0 unspecified atom stereocenters. The topological polar surface area (TPSA) is 50.8 Å². The van der Waals surface area contributed by atoms with Crippen LogP contribution in [0.3, 0.4) is 0 Å². The number of carbonyl (C=O) groups is 1. The monoisotopic (exact) mass is 334 g/mol. The molecule has 0 bridgehead atoms. The summed E-state index contributed by atoms with van der Waals surface area (Å²) in [5, 5.41) is 3.09. The third-order valence-corrected chi connectivity index (χ3v) is 4.01. The number of anilines is 1. The Bertz CT molecular complexity index is 811. The lowest BCUT2D eigenvalue weighted by molar-refractivity contribution is 0.0732. The first-order chi connectivity index (χ1) is 11.5. The number of ether oxygens (including phenoxy) is 2. The van der Waals surface area contributed by atoms with E-state index in [9.17, 15) is 13.6 Å². The van der Waals surface area contributed by atoms with E-state index in [0.29, 0.717) is 22.7 Å². The molecule has 0 aromatic heterocycles. The number of hydrogen-bond donors (Lipinski definition) is 1. The van der Waals surface area contributed by atoms with Gasteiger partial charge in [0.15, 0.2) is 11.5 Å². The molecule has 24 heavy (non-hydrogen) atoms. The van der Waals surface area contributed by atoms with Crippen molar-refractivity contribution in [2.24, 2.45) is 0 Å². The number of carbonyl (C=O) groups excluding carboxylic acids is 1. The fourth-order valence-corrected chi connectivity index (χ4v) is 2.74. The summed E-state index contributed by atoms with van der Waals surface area (Å²) in [6, 6.07) is 6.45. The number of nitrogens with one attached hydrogen (secondary N) is 1. The average Bonchev–Trinajstić information content (AvgIpc) is 2.57. The molecule has 1 N–H and O–H groups in total. The molecule has 1 aliphatic rings. The molecular formula is C17H16F2N2O3. The van der Waals surface area contributed by atoms with Crippen molar-refractivity contribution < 1.29 is 23.0 Å². The fourth-order valence-electron chi connectivity index (χ4n) is 2.74. The van der Waals surface area contributed by atoms with Gasteiger partial charge in [-0.2, -0.15) is 0 Å². The number of methoxy groups -OCH3 is 2. The van der Waals surface area contributed by atoms with Crippen molar-refractivity contribution in [3.05, 3.63) is 53.1 Å². The van der Waals surface area contributed by atoms with Crippen LogP contribution in [0.5, 0.6) is 11.5 Å². The molecule has 0 aliphatic carbocycles. The van der Waals surface area contributed by atoms with Crippen molar-refractivity contribution in [1.82, 2.24) is 4.90 Å². The number of benzene rings is 2. The van der Waals surface area contributed by atoms with Gasteiger partial charge < -0.3 is 19.7 Å². The van der Waals surface area contributed by atoms with Gasteiger partial charge in [-0.15, -0.1) is 0 Å². The molecule has 2 aromatic rings. The Morgan fingerprint density at radius 3 is 2.38 bits per heavy atom. The van der Waals surface area contributed by atoms with Crippen molar-refractivity contribution >= 4 is 11.6 Å². The highest BCUT2D eigenvalue weighted by atomic mass is 19.1. The van der Waals surface area contributed by atoms with Gasteiger partial charge in [-0.25, -0.2) is 8.78 Å². The van der Waals surface area contributed by atoms with E-state index in [1.54, 1.807) is 19.2 Å². The van der Waals surface area contributed by atoms with E-state index >= 15 is 0 Å². The van der Waals surface area contributed by atoms with Crippen LogP contribution in [0.15, 0.2) is 30.3 Å². The zero-order valence-electron chi connectivity index (χ0n) is 13.4. The van der Waals surface area contributed by atoms with Gasteiger partial charge in [0, 0.05) is 24.7 Å². The third-order valence-electron chi connectivity index (χ3n) is 4.01. The number of hydrogen-bond acceptors (Lipinski definition) is 4. The van der Waals surface area contributed by atoms with Crippen LogP contribution in [0.1, 0.15) is 22.1 Å². The number of fused-ring (bicyclic) bond motifs is 1. The SMILES string of the molecule is COc1cc2c(cc1OC)C(=O)N(C)[C@H](c1ccc(F)cc1F)N2. The summed E-state index contributed by atoms with van der Waals surface area (Å²) in [5.41, 5.74) is 1.05. The smallest absolute Gasteiger partial charge is 0.257 e. The minimum atomic E-state index is -0.760. The summed E-state index contributed by atoms with van der Waals surface area (Å²) < 4.78 is 37.7. The Morgan fingerprint density at radius 1 is 1.08 bits per heavy atom. The maximum absolute atomic E-state index is 14.1. The molecular weight excluding hydrogens is 318 g/mol. The maximum atomic E-state index is 14.1. The van der Waals surface area contributed by atoms with Crippen LogP contribution in [-0.4, -0.2) is 32.1 Å². The molecule has 5 nitrogen and oxygen atoms in total. The van der Waals surface area contributed by atoms with Crippen molar-refractivity contribution in [2.45, 2.75) is 6.17 Å². The van der Waals surface area contributed by atoms with E-state index in [-0.39, 0.29) is 11.5 Å². The van der Waals surface area contributed by atoms with E-state index < -0.39 is 17.8 Å². The lowest BCUT2D eigenvalue weighted by Crippen LogP contribution is -2.40. The summed E-state index contributed by atoms with van der Waals surface area (Å²) in [5.74, 6) is -0.840. The number of amides is 1. The lowest BCUT2D eigenvalue weighted by atomic mass is 10.0. The van der Waals surface area contributed by atoms with Gasteiger partial charge in [0.2, 0.25) is 0 Å². The van der Waals surface area contributed by atoms with Gasteiger partial charge in [-0.3, -0.25) is 4.79 Å². The average molecular weight is 334 g/mol. The summed E-state index contributed by atoms with van der Waals surface area (Å²) in [4.78, 5) is 14.0. The molecule has 7 heteroatoms. The summed E-state index contributed by atoms with van der Waals surface area (Å²) in [6.45, 7) is 0. The molecule has 0 saturated heterocycles. The normalized spacial score (nSPS) is 16.5. The van der Waals surface area contributed by atoms with Gasteiger partial charge in [0.25, 0.3) is 5.91 Å². The molecule has 0 saturated carbocycles. The molecule has 1 amide bonds. The van der Waals surface area contributed by atoms with Crippen molar-refractivity contribution in [1.29, 1.82) is 0 Å². The van der Waals surface area contributed by atoms with Gasteiger partial charge in [0.05, 0.1) is 25.5 Å². The summed E-state index contributed by atoms with van der Waals surface area (Å²) >= 11 is 0. The highest BCUT2D eigenvalue weighted by molar-refractivity contribution is 6.02. The standard InChI is InChI=1S/C17H16F2N2O3/c1-21-16(10-5-4-9(18)6-12(10)19)20-13-8-15(24-3)14(23-2)7-11(13)17(21)22/h4-8,16,20H,1-3H3/t16-/m1/s1. The van der Waals surface area contributed by atoms with E-state index in [4.69, 9.17) is 9.47 Å². The number of nitrogens with zero attached hydrogens (tertiary/aromatic N) is 1. The first-order valence-corrected chi connectivity index (χ1v) is 7.21. The van der Waals surface area contributed by atoms with Crippen LogP contribution < -0.4 is 14.8 Å². The second kappa shape index (κ2) is 5.99. The Balaban J connectivity index is 2.08. The predicted octanol–water partition coefficient (Wildman–Crippen LogP) is 3.18. The van der Waals surface area contributed by atoms with Crippen LogP contribution >= 0.6 is 0 Å². The minimum absolute atomic E-state index is 0.174. The van der Waals surface area contributed by atoms with Crippen molar-refractivity contribution in [3.8, 4) is 11.5 Å².